The van der Waals surface area contributed by atoms with Crippen LogP contribution in [-0.4, -0.2) is 17.6 Å². The third-order valence-corrected chi connectivity index (χ3v) is 6.08. The summed E-state index contributed by atoms with van der Waals surface area (Å²) in [6.45, 7) is 4.21. The Morgan fingerprint density at radius 3 is 2.55 bits per heavy atom. The van der Waals surface area contributed by atoms with Crippen molar-refractivity contribution >= 4 is 5.91 Å². The summed E-state index contributed by atoms with van der Waals surface area (Å²) in [6, 6.07) is 16.8. The Kier molecular flexibility index (Phi) is 5.18. The molecule has 2 N–H and O–H groups in total. The maximum atomic E-state index is 12.6. The highest BCUT2D eigenvalue weighted by molar-refractivity contribution is 6.02. The molecular formula is C25H28N2O2. The van der Waals surface area contributed by atoms with Gasteiger partial charge in [-0.2, -0.15) is 0 Å². The molecule has 0 spiro atoms. The highest BCUT2D eigenvalue weighted by atomic mass is 16.5. The van der Waals surface area contributed by atoms with E-state index in [0.717, 1.165) is 48.3 Å². The zero-order valence-corrected chi connectivity index (χ0v) is 17.4. The average Bonchev–Trinajstić information content (AvgIpc) is 3.27. The molecule has 0 saturated heterocycles. The topological polar surface area (TPSA) is 57.2 Å². The molecule has 150 valence electrons. The van der Waals surface area contributed by atoms with Crippen molar-refractivity contribution in [3.05, 3.63) is 76.6 Å². The van der Waals surface area contributed by atoms with E-state index in [2.05, 4.69) is 35.8 Å². The van der Waals surface area contributed by atoms with Gasteiger partial charge in [0.2, 0.25) is 0 Å². The normalized spacial score (nSPS) is 15.3. The molecule has 29 heavy (non-hydrogen) atoms. The summed E-state index contributed by atoms with van der Waals surface area (Å²) in [6.07, 6.45) is 4.01. The number of amides is 1. The first-order chi connectivity index (χ1) is 14.1. The molecule has 0 aliphatic heterocycles. The Morgan fingerprint density at radius 2 is 1.90 bits per heavy atom. The number of ether oxygens (including phenoxy) is 1. The number of fused-ring (bicyclic) bond motifs is 1. The second kappa shape index (κ2) is 7.78. The third kappa shape index (κ3) is 3.23. The second-order valence-electron chi connectivity index (χ2n) is 7.75. The minimum Gasteiger partial charge on any atom is -0.497 e. The van der Waals surface area contributed by atoms with E-state index in [1.165, 1.54) is 16.8 Å². The molecule has 0 radical (unpaired) electrons. The summed E-state index contributed by atoms with van der Waals surface area (Å²) >= 11 is 0. The van der Waals surface area contributed by atoms with E-state index in [1.54, 1.807) is 7.11 Å². The van der Waals surface area contributed by atoms with Crippen molar-refractivity contribution in [3.8, 4) is 16.9 Å². The number of aromatic nitrogens is 1. The van der Waals surface area contributed by atoms with Crippen molar-refractivity contribution in [3.63, 3.8) is 0 Å². The fraction of sp³-hybridized carbons (Fsp3) is 0.320. The molecule has 4 rings (SSSR count). The first-order valence-corrected chi connectivity index (χ1v) is 10.3. The molecule has 2 aromatic carbocycles. The van der Waals surface area contributed by atoms with E-state index in [1.807, 2.05) is 31.2 Å². The molecule has 1 aliphatic rings. The largest absolute Gasteiger partial charge is 0.497 e. The van der Waals surface area contributed by atoms with E-state index in [9.17, 15) is 4.79 Å². The molecule has 4 nitrogen and oxygen atoms in total. The first kappa shape index (κ1) is 19.3. The molecule has 1 amide bonds. The van der Waals surface area contributed by atoms with Gasteiger partial charge in [0.25, 0.3) is 5.91 Å². The monoisotopic (exact) mass is 388 g/mol. The van der Waals surface area contributed by atoms with E-state index in [-0.39, 0.29) is 11.9 Å². The lowest BCUT2D eigenvalue weighted by atomic mass is 9.98. The highest BCUT2D eigenvalue weighted by Gasteiger charge is 2.31. The first-order valence-electron chi connectivity index (χ1n) is 10.3. The smallest absolute Gasteiger partial charge is 0.251 e. The Hall–Kier alpha value is -3.01. The van der Waals surface area contributed by atoms with Crippen LogP contribution in [-0.2, 0) is 12.8 Å². The molecule has 4 heteroatoms. The van der Waals surface area contributed by atoms with Crippen molar-refractivity contribution in [2.24, 2.45) is 5.73 Å². The third-order valence-electron chi connectivity index (χ3n) is 6.08. The highest BCUT2D eigenvalue weighted by Crippen LogP contribution is 2.42. The number of benzene rings is 2. The van der Waals surface area contributed by atoms with Crippen LogP contribution >= 0.6 is 0 Å². The predicted molar refractivity (Wildman–Crippen MR) is 117 cm³/mol. The summed E-state index contributed by atoms with van der Waals surface area (Å²) in [5, 5.41) is 0. The van der Waals surface area contributed by atoms with Crippen molar-refractivity contribution in [2.45, 2.75) is 45.6 Å². The summed E-state index contributed by atoms with van der Waals surface area (Å²) in [5.41, 5.74) is 13.5. The van der Waals surface area contributed by atoms with Crippen molar-refractivity contribution in [2.75, 3.05) is 7.11 Å². The molecular weight excluding hydrogens is 360 g/mol. The van der Waals surface area contributed by atoms with Crippen LogP contribution in [0.25, 0.3) is 11.1 Å². The molecule has 0 fully saturated rings. The fourth-order valence-electron chi connectivity index (χ4n) is 4.85. The Morgan fingerprint density at radius 1 is 1.17 bits per heavy atom. The van der Waals surface area contributed by atoms with Crippen molar-refractivity contribution < 1.29 is 9.53 Å². The summed E-state index contributed by atoms with van der Waals surface area (Å²) in [7, 11) is 1.66. The van der Waals surface area contributed by atoms with Gasteiger partial charge in [-0.1, -0.05) is 49.7 Å². The van der Waals surface area contributed by atoms with Crippen LogP contribution in [0.2, 0.25) is 0 Å². The lowest BCUT2D eigenvalue weighted by Gasteiger charge is -2.21. The number of methoxy groups -OCH3 is 1. The maximum Gasteiger partial charge on any atom is 0.251 e. The van der Waals surface area contributed by atoms with Crippen molar-refractivity contribution in [1.29, 1.82) is 0 Å². The number of hydrogen-bond donors (Lipinski definition) is 1. The molecule has 1 aliphatic carbocycles. The number of rotatable bonds is 6. The average molecular weight is 389 g/mol. The molecule has 0 bridgehead atoms. The number of nitrogens with zero attached hydrogens (tertiary/aromatic N) is 1. The minimum atomic E-state index is -0.365. The summed E-state index contributed by atoms with van der Waals surface area (Å²) in [4.78, 5) is 12.6. The van der Waals surface area contributed by atoms with Gasteiger partial charge in [-0.25, -0.2) is 0 Å². The van der Waals surface area contributed by atoms with Crippen LogP contribution in [0.1, 0.15) is 58.7 Å². The summed E-state index contributed by atoms with van der Waals surface area (Å²) < 4.78 is 7.70. The van der Waals surface area contributed by atoms with Gasteiger partial charge >= 0.3 is 0 Å². The van der Waals surface area contributed by atoms with Crippen LogP contribution in [0.15, 0.2) is 48.5 Å². The predicted octanol–water partition coefficient (Wildman–Crippen LogP) is 5.06. The quantitative estimate of drug-likeness (QED) is 0.642. The Labute approximate surface area is 172 Å². The zero-order chi connectivity index (χ0) is 20.5. The number of carbonyl (C=O) groups is 1. The van der Waals surface area contributed by atoms with Crippen LogP contribution in [0.5, 0.6) is 5.75 Å². The lowest BCUT2D eigenvalue weighted by Crippen LogP contribution is -2.15. The SMILES string of the molecule is CCCc1c(-c2ccc(OC)cc2)c(C(N)=O)c(C)n1C1CCc2ccccc21. The fourth-order valence-corrected chi connectivity index (χ4v) is 4.85. The number of hydrogen-bond acceptors (Lipinski definition) is 2. The molecule has 0 saturated carbocycles. The van der Waals surface area contributed by atoms with E-state index in [4.69, 9.17) is 10.5 Å². The van der Waals surface area contributed by atoms with Crippen molar-refractivity contribution in [1.82, 2.24) is 4.57 Å². The molecule has 1 atom stereocenters. The second-order valence-corrected chi connectivity index (χ2v) is 7.75. The van der Waals surface area contributed by atoms with Gasteiger partial charge in [-0.15, -0.1) is 0 Å². The van der Waals surface area contributed by atoms with E-state index < -0.39 is 0 Å². The van der Waals surface area contributed by atoms with Gasteiger partial charge in [-0.3, -0.25) is 4.79 Å². The number of nitrogens with two attached hydrogens (primary N) is 1. The van der Waals surface area contributed by atoms with Gasteiger partial charge in [0.05, 0.1) is 18.7 Å². The molecule has 1 aromatic heterocycles. The van der Waals surface area contributed by atoms with Crippen LogP contribution in [0.4, 0.5) is 0 Å². The van der Waals surface area contributed by atoms with E-state index >= 15 is 0 Å². The standard InChI is InChI=1S/C25H28N2O2/c1-4-7-22-24(18-10-13-19(29-3)14-11-18)23(25(26)28)16(2)27(22)21-15-12-17-8-5-6-9-20(17)21/h5-6,8-11,13-14,21H,4,7,12,15H2,1-3H3,(H2,26,28). The van der Waals surface area contributed by atoms with Gasteiger partial charge in [-0.05, 0) is 55.0 Å². The Bertz CT molecular complexity index is 1050. The van der Waals surface area contributed by atoms with Crippen LogP contribution in [0, 0.1) is 6.92 Å². The zero-order valence-electron chi connectivity index (χ0n) is 17.4. The van der Waals surface area contributed by atoms with Gasteiger partial charge in [0, 0.05) is 17.0 Å². The number of aryl methyl sites for hydroxylation is 1. The van der Waals surface area contributed by atoms with Crippen LogP contribution in [0.3, 0.4) is 0 Å². The Balaban J connectivity index is 1.96. The molecule has 1 heterocycles. The number of primary amides is 1. The van der Waals surface area contributed by atoms with Crippen LogP contribution < -0.4 is 10.5 Å². The van der Waals surface area contributed by atoms with Gasteiger partial charge in [0.1, 0.15) is 5.75 Å². The maximum absolute atomic E-state index is 12.6. The number of carbonyl (C=O) groups excluding carboxylic acids is 1. The molecule has 1 unspecified atom stereocenters. The van der Waals surface area contributed by atoms with Gasteiger partial charge < -0.3 is 15.0 Å². The van der Waals surface area contributed by atoms with E-state index in [0.29, 0.717) is 5.56 Å². The summed E-state index contributed by atoms with van der Waals surface area (Å²) in [5.74, 6) is 0.433. The minimum absolute atomic E-state index is 0.248. The lowest BCUT2D eigenvalue weighted by molar-refractivity contribution is 0.1000. The molecule has 3 aromatic rings. The van der Waals surface area contributed by atoms with Gasteiger partial charge in [0.15, 0.2) is 0 Å².